The third-order valence-electron chi connectivity index (χ3n) is 3.76. The molecule has 4 nitrogen and oxygen atoms in total. The van der Waals surface area contributed by atoms with Crippen LogP contribution in [0, 0.1) is 0 Å². The molecule has 0 spiro atoms. The zero-order valence-corrected chi connectivity index (χ0v) is 11.4. The Labute approximate surface area is 117 Å². The smallest absolute Gasteiger partial charge is 0.0993 e. The van der Waals surface area contributed by atoms with Crippen LogP contribution in [0.2, 0.25) is 0 Å². The molecule has 1 saturated carbocycles. The molecule has 2 heterocycles. The van der Waals surface area contributed by atoms with Gasteiger partial charge in [0.1, 0.15) is 0 Å². The molecule has 0 bridgehead atoms. The lowest BCUT2D eigenvalue weighted by Crippen LogP contribution is -1.93. The number of hydrogen-bond acceptors (Lipinski definition) is 2. The molecule has 0 unspecified atom stereocenters. The monoisotopic (exact) mass is 264 g/mol. The fourth-order valence-electron chi connectivity index (χ4n) is 2.56. The van der Waals surface area contributed by atoms with Gasteiger partial charge < -0.3 is 0 Å². The molecule has 3 aromatic rings. The lowest BCUT2D eigenvalue weighted by molar-refractivity contribution is 0.768. The van der Waals surface area contributed by atoms with Crippen LogP contribution in [-0.4, -0.2) is 19.6 Å². The topological polar surface area (TPSA) is 35.6 Å². The van der Waals surface area contributed by atoms with E-state index in [9.17, 15) is 0 Å². The number of nitrogens with zero attached hydrogens (tertiary/aromatic N) is 4. The van der Waals surface area contributed by atoms with Crippen LogP contribution < -0.4 is 0 Å². The molecule has 0 radical (unpaired) electrons. The van der Waals surface area contributed by atoms with Gasteiger partial charge in [0.15, 0.2) is 0 Å². The molecular formula is C16H16N4. The molecule has 100 valence electrons. The van der Waals surface area contributed by atoms with Gasteiger partial charge in [-0.3, -0.25) is 4.68 Å². The number of para-hydroxylation sites is 1. The van der Waals surface area contributed by atoms with Crippen molar-refractivity contribution in [1.29, 1.82) is 0 Å². The maximum atomic E-state index is 4.79. The second-order valence-electron chi connectivity index (χ2n) is 5.39. The molecule has 1 aromatic carbocycles. The average Bonchev–Trinajstić information content (AvgIpc) is 3.08. The molecule has 0 N–H and O–H groups in total. The highest BCUT2D eigenvalue weighted by Crippen LogP contribution is 2.44. The van der Waals surface area contributed by atoms with E-state index in [1.807, 2.05) is 47.0 Å². The number of rotatable bonds is 3. The molecule has 2 aromatic heterocycles. The van der Waals surface area contributed by atoms with E-state index >= 15 is 0 Å². The van der Waals surface area contributed by atoms with Gasteiger partial charge in [0, 0.05) is 30.6 Å². The lowest BCUT2D eigenvalue weighted by atomic mass is 10.1. The van der Waals surface area contributed by atoms with Crippen LogP contribution in [-0.2, 0) is 7.05 Å². The minimum absolute atomic E-state index is 0.669. The molecule has 0 atom stereocenters. The molecule has 0 aliphatic heterocycles. The van der Waals surface area contributed by atoms with E-state index in [0.29, 0.717) is 5.92 Å². The molecule has 4 heteroatoms. The van der Waals surface area contributed by atoms with Gasteiger partial charge in [-0.15, -0.1) is 0 Å². The molecule has 0 amide bonds. The predicted molar refractivity (Wildman–Crippen MR) is 77.7 cm³/mol. The second kappa shape index (κ2) is 4.34. The van der Waals surface area contributed by atoms with Crippen molar-refractivity contribution in [2.45, 2.75) is 18.8 Å². The third-order valence-corrected chi connectivity index (χ3v) is 3.76. The minimum atomic E-state index is 0.669. The molecule has 4 rings (SSSR count). The van der Waals surface area contributed by atoms with Crippen LogP contribution in [0.1, 0.15) is 24.3 Å². The molecule has 1 aliphatic carbocycles. The van der Waals surface area contributed by atoms with Gasteiger partial charge in [0.2, 0.25) is 0 Å². The predicted octanol–water partition coefficient (Wildman–Crippen LogP) is 3.15. The molecule has 1 fully saturated rings. The first-order valence-corrected chi connectivity index (χ1v) is 6.95. The summed E-state index contributed by atoms with van der Waals surface area (Å²) < 4.78 is 3.81. The molecule has 0 saturated heterocycles. The van der Waals surface area contributed by atoms with Crippen molar-refractivity contribution in [3.05, 3.63) is 54.5 Å². The summed E-state index contributed by atoms with van der Waals surface area (Å²) in [5.41, 5.74) is 4.62. The maximum absolute atomic E-state index is 4.79. The molecule has 1 aliphatic rings. The molecule has 20 heavy (non-hydrogen) atoms. The van der Waals surface area contributed by atoms with Gasteiger partial charge in [-0.1, -0.05) is 18.2 Å². The SMILES string of the molecule is Cn1cc(-c2nn(-c3ccccc3)cc2C2CC2)cn1. The van der Waals surface area contributed by atoms with E-state index in [1.54, 1.807) is 0 Å². The van der Waals surface area contributed by atoms with Gasteiger partial charge in [-0.2, -0.15) is 10.2 Å². The summed E-state index contributed by atoms with van der Waals surface area (Å²) in [6.45, 7) is 0. The van der Waals surface area contributed by atoms with Crippen molar-refractivity contribution in [3.63, 3.8) is 0 Å². The highest BCUT2D eigenvalue weighted by atomic mass is 15.3. The summed E-state index contributed by atoms with van der Waals surface area (Å²) in [7, 11) is 1.94. The summed E-state index contributed by atoms with van der Waals surface area (Å²) in [6, 6.07) is 10.3. The Morgan fingerprint density at radius 1 is 1.10 bits per heavy atom. The van der Waals surface area contributed by atoms with E-state index in [4.69, 9.17) is 5.10 Å². The second-order valence-corrected chi connectivity index (χ2v) is 5.39. The fraction of sp³-hybridized carbons (Fsp3) is 0.250. The Kier molecular flexibility index (Phi) is 2.49. The standard InChI is InChI=1S/C16H16N4/c1-19-10-13(9-17-19)16-15(12-7-8-12)11-20(18-16)14-5-3-2-4-6-14/h2-6,9-12H,7-8H2,1H3. The third kappa shape index (κ3) is 1.93. The van der Waals surface area contributed by atoms with Crippen LogP contribution in [0.3, 0.4) is 0 Å². The quantitative estimate of drug-likeness (QED) is 0.728. The van der Waals surface area contributed by atoms with Crippen LogP contribution >= 0.6 is 0 Å². The minimum Gasteiger partial charge on any atom is -0.275 e. The van der Waals surface area contributed by atoms with Crippen molar-refractivity contribution >= 4 is 0 Å². The Hall–Kier alpha value is -2.36. The van der Waals surface area contributed by atoms with Crippen molar-refractivity contribution in [2.24, 2.45) is 7.05 Å². The summed E-state index contributed by atoms with van der Waals surface area (Å²) in [4.78, 5) is 0. The highest BCUT2D eigenvalue weighted by Gasteiger charge is 2.29. The normalized spacial score (nSPS) is 14.7. The number of aryl methyl sites for hydroxylation is 1. The summed E-state index contributed by atoms with van der Waals surface area (Å²) in [5.74, 6) is 0.669. The van der Waals surface area contributed by atoms with Crippen LogP contribution in [0.5, 0.6) is 0 Å². The van der Waals surface area contributed by atoms with E-state index in [0.717, 1.165) is 16.9 Å². The average molecular weight is 264 g/mol. The van der Waals surface area contributed by atoms with E-state index in [1.165, 1.54) is 18.4 Å². The van der Waals surface area contributed by atoms with Gasteiger partial charge in [-0.05, 0) is 30.9 Å². The summed E-state index contributed by atoms with van der Waals surface area (Å²) in [6.07, 6.45) is 8.64. The first kappa shape index (κ1) is 11.5. The van der Waals surface area contributed by atoms with Crippen LogP contribution in [0.15, 0.2) is 48.9 Å². The van der Waals surface area contributed by atoms with Crippen molar-refractivity contribution in [2.75, 3.05) is 0 Å². The van der Waals surface area contributed by atoms with Crippen LogP contribution in [0.4, 0.5) is 0 Å². The first-order chi connectivity index (χ1) is 9.81. The van der Waals surface area contributed by atoms with Gasteiger partial charge in [0.05, 0.1) is 17.6 Å². The fourth-order valence-corrected chi connectivity index (χ4v) is 2.56. The van der Waals surface area contributed by atoms with Crippen molar-refractivity contribution in [1.82, 2.24) is 19.6 Å². The Bertz CT molecular complexity index is 735. The van der Waals surface area contributed by atoms with Crippen LogP contribution in [0.25, 0.3) is 16.9 Å². The first-order valence-electron chi connectivity index (χ1n) is 6.95. The maximum Gasteiger partial charge on any atom is 0.0993 e. The summed E-state index contributed by atoms with van der Waals surface area (Å²) in [5, 5.41) is 9.05. The zero-order chi connectivity index (χ0) is 13.5. The lowest BCUT2D eigenvalue weighted by Gasteiger charge is -1.99. The molecular weight excluding hydrogens is 248 g/mol. The zero-order valence-electron chi connectivity index (χ0n) is 11.4. The Morgan fingerprint density at radius 3 is 2.55 bits per heavy atom. The summed E-state index contributed by atoms with van der Waals surface area (Å²) >= 11 is 0. The Balaban J connectivity index is 1.83. The van der Waals surface area contributed by atoms with Crippen molar-refractivity contribution < 1.29 is 0 Å². The van der Waals surface area contributed by atoms with Crippen molar-refractivity contribution in [3.8, 4) is 16.9 Å². The van der Waals surface area contributed by atoms with Gasteiger partial charge >= 0.3 is 0 Å². The van der Waals surface area contributed by atoms with E-state index in [-0.39, 0.29) is 0 Å². The number of aromatic nitrogens is 4. The highest BCUT2D eigenvalue weighted by molar-refractivity contribution is 5.63. The van der Waals surface area contributed by atoms with Gasteiger partial charge in [-0.25, -0.2) is 4.68 Å². The van der Waals surface area contributed by atoms with Gasteiger partial charge in [0.25, 0.3) is 0 Å². The number of hydrogen-bond donors (Lipinski definition) is 0. The Morgan fingerprint density at radius 2 is 1.90 bits per heavy atom. The van der Waals surface area contributed by atoms with E-state index in [2.05, 4.69) is 23.4 Å². The largest absolute Gasteiger partial charge is 0.275 e. The van der Waals surface area contributed by atoms with E-state index < -0.39 is 0 Å². The number of benzene rings is 1.